The van der Waals surface area contributed by atoms with Gasteiger partial charge in [0, 0.05) is 6.42 Å². The molecule has 0 bridgehead atoms. The quantitative estimate of drug-likeness (QED) is 0.665. The molecule has 0 aromatic heterocycles. The summed E-state index contributed by atoms with van der Waals surface area (Å²) in [6.07, 6.45) is 0.155. The van der Waals surface area contributed by atoms with Crippen LogP contribution in [0.2, 0.25) is 0 Å². The normalized spacial score (nSPS) is 12.0. The molecule has 0 spiro atoms. The van der Waals surface area contributed by atoms with Gasteiger partial charge in [-0.2, -0.15) is 0 Å². The first-order valence-corrected chi connectivity index (χ1v) is 7.37. The molecule has 106 valence electrons. The van der Waals surface area contributed by atoms with Crippen molar-refractivity contribution in [3.8, 4) is 0 Å². The van der Waals surface area contributed by atoms with Gasteiger partial charge < -0.3 is 9.47 Å². The van der Waals surface area contributed by atoms with E-state index < -0.39 is 33.1 Å². The van der Waals surface area contributed by atoms with E-state index in [1.165, 1.54) is 7.11 Å². The Kier molecular flexibility index (Phi) is 6.31. The molecular weight excluding hydrogens is 260 g/mol. The standard InChI is InChI=1S/C11H20O6S/c1-11(2,3)17-10(13)8-18(14,15)7-5-6-9(12)16-4/h5-8H2,1-4H3. The van der Waals surface area contributed by atoms with Gasteiger partial charge in [0.15, 0.2) is 9.84 Å². The van der Waals surface area contributed by atoms with Crippen LogP contribution in [-0.4, -0.2) is 44.6 Å². The van der Waals surface area contributed by atoms with Gasteiger partial charge >= 0.3 is 11.9 Å². The molecule has 0 unspecified atom stereocenters. The molecule has 0 aliphatic rings. The summed E-state index contributed by atoms with van der Waals surface area (Å²) in [6, 6.07) is 0. The summed E-state index contributed by atoms with van der Waals surface area (Å²) < 4.78 is 32.4. The molecule has 0 radical (unpaired) electrons. The van der Waals surface area contributed by atoms with Gasteiger partial charge in [0.05, 0.1) is 12.9 Å². The second-order valence-corrected chi connectivity index (χ2v) is 7.04. The lowest BCUT2D eigenvalue weighted by atomic mass is 10.2. The van der Waals surface area contributed by atoms with Crippen LogP contribution in [0.4, 0.5) is 0 Å². The Bertz CT molecular complexity index is 390. The Morgan fingerprint density at radius 3 is 2.11 bits per heavy atom. The highest BCUT2D eigenvalue weighted by Gasteiger charge is 2.22. The first-order valence-electron chi connectivity index (χ1n) is 5.55. The summed E-state index contributed by atoms with van der Waals surface area (Å²) >= 11 is 0. The average Bonchev–Trinajstić information content (AvgIpc) is 2.12. The minimum Gasteiger partial charge on any atom is -0.469 e. The zero-order valence-electron chi connectivity index (χ0n) is 11.2. The number of esters is 2. The molecule has 18 heavy (non-hydrogen) atoms. The zero-order valence-corrected chi connectivity index (χ0v) is 12.0. The van der Waals surface area contributed by atoms with Crippen LogP contribution in [0.1, 0.15) is 33.6 Å². The highest BCUT2D eigenvalue weighted by molar-refractivity contribution is 7.92. The van der Waals surface area contributed by atoms with Crippen LogP contribution in [0.3, 0.4) is 0 Å². The van der Waals surface area contributed by atoms with Gasteiger partial charge in [-0.25, -0.2) is 8.42 Å². The van der Waals surface area contributed by atoms with Crippen molar-refractivity contribution in [2.24, 2.45) is 0 Å². The second-order valence-electron chi connectivity index (χ2n) is 4.86. The lowest BCUT2D eigenvalue weighted by molar-refractivity contribution is -0.151. The van der Waals surface area contributed by atoms with Crippen molar-refractivity contribution < 1.29 is 27.5 Å². The fraction of sp³-hybridized carbons (Fsp3) is 0.818. The maximum absolute atomic E-state index is 11.5. The van der Waals surface area contributed by atoms with E-state index in [0.29, 0.717) is 0 Å². The van der Waals surface area contributed by atoms with E-state index in [1.54, 1.807) is 20.8 Å². The molecule has 0 saturated heterocycles. The van der Waals surface area contributed by atoms with E-state index in [0.717, 1.165) is 0 Å². The van der Waals surface area contributed by atoms with Crippen molar-refractivity contribution >= 4 is 21.8 Å². The van der Waals surface area contributed by atoms with Gasteiger partial charge in [-0.1, -0.05) is 0 Å². The molecule has 0 fully saturated rings. The molecule has 0 aliphatic heterocycles. The highest BCUT2D eigenvalue weighted by atomic mass is 32.2. The predicted molar refractivity (Wildman–Crippen MR) is 65.7 cm³/mol. The number of methoxy groups -OCH3 is 1. The van der Waals surface area contributed by atoms with Crippen LogP contribution in [-0.2, 0) is 28.9 Å². The molecule has 0 aliphatic carbocycles. The van der Waals surface area contributed by atoms with E-state index in [1.807, 2.05) is 0 Å². The number of carbonyl (C=O) groups is 2. The van der Waals surface area contributed by atoms with E-state index in [9.17, 15) is 18.0 Å². The predicted octanol–water partition coefficient (Wildman–Crippen LogP) is 0.696. The number of hydrogen-bond donors (Lipinski definition) is 0. The molecule has 0 N–H and O–H groups in total. The minimum absolute atomic E-state index is 0.0179. The Hall–Kier alpha value is -1.11. The van der Waals surface area contributed by atoms with Crippen molar-refractivity contribution in [1.82, 2.24) is 0 Å². The van der Waals surface area contributed by atoms with E-state index in [-0.39, 0.29) is 18.6 Å². The maximum Gasteiger partial charge on any atom is 0.321 e. The summed E-state index contributed by atoms with van der Waals surface area (Å²) in [5.41, 5.74) is -0.710. The summed E-state index contributed by atoms with van der Waals surface area (Å²) in [7, 11) is -2.31. The van der Waals surface area contributed by atoms with Crippen molar-refractivity contribution in [2.45, 2.75) is 39.2 Å². The first-order chi connectivity index (χ1) is 8.06. The molecule has 0 saturated carbocycles. The Balaban J connectivity index is 4.16. The van der Waals surface area contributed by atoms with Crippen LogP contribution in [0.15, 0.2) is 0 Å². The van der Waals surface area contributed by atoms with Gasteiger partial charge in [-0.05, 0) is 27.2 Å². The third kappa shape index (κ3) is 8.98. The van der Waals surface area contributed by atoms with E-state index >= 15 is 0 Å². The van der Waals surface area contributed by atoms with Crippen molar-refractivity contribution in [3.63, 3.8) is 0 Å². The molecule has 0 amide bonds. The highest BCUT2D eigenvalue weighted by Crippen LogP contribution is 2.08. The minimum atomic E-state index is -3.54. The number of ether oxygens (including phenoxy) is 2. The lowest BCUT2D eigenvalue weighted by Crippen LogP contribution is -2.29. The summed E-state index contributed by atoms with van der Waals surface area (Å²) in [4.78, 5) is 22.1. The van der Waals surface area contributed by atoms with Gasteiger partial charge in [0.25, 0.3) is 0 Å². The molecule has 0 aromatic rings. The molecule has 0 heterocycles. The maximum atomic E-state index is 11.5. The first kappa shape index (κ1) is 16.9. The monoisotopic (exact) mass is 280 g/mol. The zero-order chi connectivity index (χ0) is 14.4. The SMILES string of the molecule is COC(=O)CCCS(=O)(=O)CC(=O)OC(C)(C)C. The molecule has 0 aromatic carbocycles. The molecule has 7 heteroatoms. The van der Waals surface area contributed by atoms with Crippen molar-refractivity contribution in [1.29, 1.82) is 0 Å². The van der Waals surface area contributed by atoms with Gasteiger partial charge in [0.1, 0.15) is 11.4 Å². The van der Waals surface area contributed by atoms with Crippen LogP contribution < -0.4 is 0 Å². The summed E-state index contributed by atoms with van der Waals surface area (Å²) in [6.45, 7) is 4.98. The van der Waals surface area contributed by atoms with Crippen LogP contribution in [0.5, 0.6) is 0 Å². The Labute approximate surface area is 108 Å². The van der Waals surface area contributed by atoms with Crippen molar-refractivity contribution in [2.75, 3.05) is 18.6 Å². The number of sulfone groups is 1. The van der Waals surface area contributed by atoms with Gasteiger partial charge in [-0.15, -0.1) is 0 Å². The molecule has 0 atom stereocenters. The third-order valence-electron chi connectivity index (χ3n) is 1.82. The van der Waals surface area contributed by atoms with E-state index in [4.69, 9.17) is 4.74 Å². The van der Waals surface area contributed by atoms with Gasteiger partial charge in [0.2, 0.25) is 0 Å². The Morgan fingerprint density at radius 2 is 1.67 bits per heavy atom. The molecule has 0 rings (SSSR count). The largest absolute Gasteiger partial charge is 0.469 e. The summed E-state index contributed by atoms with van der Waals surface area (Å²) in [5, 5.41) is 0. The van der Waals surface area contributed by atoms with Crippen LogP contribution in [0, 0.1) is 0 Å². The summed E-state index contributed by atoms with van der Waals surface area (Å²) in [5.74, 6) is -2.14. The number of hydrogen-bond acceptors (Lipinski definition) is 6. The van der Waals surface area contributed by atoms with Crippen molar-refractivity contribution in [3.05, 3.63) is 0 Å². The fourth-order valence-corrected chi connectivity index (χ4v) is 2.31. The molecule has 6 nitrogen and oxygen atoms in total. The third-order valence-corrected chi connectivity index (χ3v) is 3.41. The lowest BCUT2D eigenvalue weighted by Gasteiger charge is -2.19. The second kappa shape index (κ2) is 6.72. The van der Waals surface area contributed by atoms with Crippen LogP contribution >= 0.6 is 0 Å². The average molecular weight is 280 g/mol. The number of carbonyl (C=O) groups excluding carboxylic acids is 2. The Morgan fingerprint density at radius 1 is 1.11 bits per heavy atom. The smallest absolute Gasteiger partial charge is 0.321 e. The van der Waals surface area contributed by atoms with E-state index in [2.05, 4.69) is 4.74 Å². The molecular formula is C11H20O6S. The topological polar surface area (TPSA) is 86.7 Å². The fourth-order valence-electron chi connectivity index (χ4n) is 1.16. The number of rotatable bonds is 6. The van der Waals surface area contributed by atoms with Gasteiger partial charge in [-0.3, -0.25) is 9.59 Å². The van der Waals surface area contributed by atoms with Crippen LogP contribution in [0.25, 0.3) is 0 Å².